The van der Waals surface area contributed by atoms with Gasteiger partial charge in [0.25, 0.3) is 0 Å². The second kappa shape index (κ2) is 11.1. The maximum absolute atomic E-state index is 14.7. The largest absolute Gasteiger partial charge is 0.506 e. The minimum Gasteiger partial charge on any atom is -0.506 e. The van der Waals surface area contributed by atoms with Gasteiger partial charge in [0.05, 0.1) is 23.3 Å². The summed E-state index contributed by atoms with van der Waals surface area (Å²) in [6, 6.07) is 0. The molecule has 9 heteroatoms. The third kappa shape index (κ3) is 4.76. The van der Waals surface area contributed by atoms with E-state index in [4.69, 9.17) is 14.2 Å². The van der Waals surface area contributed by atoms with Crippen LogP contribution in [-0.2, 0) is 20.7 Å². The third-order valence-electron chi connectivity index (χ3n) is 10.5. The fourth-order valence-corrected chi connectivity index (χ4v) is 8.27. The van der Waals surface area contributed by atoms with Crippen LogP contribution in [0.15, 0.2) is 52.7 Å². The van der Waals surface area contributed by atoms with E-state index in [2.05, 4.69) is 6.08 Å². The van der Waals surface area contributed by atoms with Crippen LogP contribution in [0.25, 0.3) is 6.08 Å². The first kappa shape index (κ1) is 33.0. The van der Waals surface area contributed by atoms with Gasteiger partial charge in [-0.1, -0.05) is 35.5 Å². The van der Waals surface area contributed by atoms with E-state index in [-0.39, 0.29) is 40.4 Å². The minimum atomic E-state index is -1.74. The summed E-state index contributed by atoms with van der Waals surface area (Å²) in [5.74, 6) is -2.84. The molecule has 6 aliphatic rings. The molecule has 9 nitrogen and oxygen atoms in total. The predicted molar refractivity (Wildman–Crippen MR) is 176 cm³/mol. The van der Waals surface area contributed by atoms with Crippen molar-refractivity contribution in [3.05, 3.63) is 69.4 Å². The smallest absolute Gasteiger partial charge is 0.333 e. The monoisotopic (exact) mass is 644 g/mol. The fourth-order valence-electron chi connectivity index (χ4n) is 8.27. The molecule has 3 aliphatic carbocycles. The molecule has 2 fully saturated rings. The molecular weight excluding hydrogens is 600 g/mol. The zero-order chi connectivity index (χ0) is 34.3. The Morgan fingerprint density at radius 2 is 1.72 bits per heavy atom. The Kier molecular flexibility index (Phi) is 7.76. The highest BCUT2D eigenvalue weighted by Gasteiger charge is 2.81. The highest BCUT2D eigenvalue weighted by Crippen LogP contribution is 2.68. The Balaban J connectivity index is 1.59. The van der Waals surface area contributed by atoms with Crippen LogP contribution in [0, 0.1) is 11.8 Å². The van der Waals surface area contributed by atoms with Crippen LogP contribution in [0.2, 0.25) is 0 Å². The number of aromatic hydroxyl groups is 1. The first-order valence-electron chi connectivity index (χ1n) is 16.3. The van der Waals surface area contributed by atoms with Crippen molar-refractivity contribution >= 4 is 23.6 Å². The molecule has 0 unspecified atom stereocenters. The Bertz CT molecular complexity index is 1750. The number of ketones is 2. The van der Waals surface area contributed by atoms with Gasteiger partial charge < -0.3 is 29.5 Å². The fraction of sp³-hybridized carbons (Fsp3) is 0.500. The number of hydrogen-bond donors (Lipinski definition) is 3. The summed E-state index contributed by atoms with van der Waals surface area (Å²) in [5.41, 5.74) is -1.79. The van der Waals surface area contributed by atoms with E-state index in [0.717, 1.165) is 12.0 Å². The Hall–Kier alpha value is -3.95. The molecule has 4 bridgehead atoms. The van der Waals surface area contributed by atoms with Crippen molar-refractivity contribution in [1.82, 2.24) is 0 Å². The van der Waals surface area contributed by atoms with E-state index in [0.29, 0.717) is 36.1 Å². The number of fused-ring (bicyclic) bond motifs is 2. The van der Waals surface area contributed by atoms with Gasteiger partial charge >= 0.3 is 5.97 Å². The van der Waals surface area contributed by atoms with E-state index in [9.17, 15) is 29.7 Å². The lowest BCUT2D eigenvalue weighted by Gasteiger charge is -2.56. The Morgan fingerprint density at radius 1 is 1.02 bits per heavy atom. The molecule has 3 heterocycles. The van der Waals surface area contributed by atoms with E-state index in [1.54, 1.807) is 6.08 Å². The third-order valence-corrected chi connectivity index (χ3v) is 10.5. The summed E-state index contributed by atoms with van der Waals surface area (Å²) in [6.45, 7) is 13.0. The zero-order valence-electron chi connectivity index (χ0n) is 28.2. The standard InChI is InChI=1S/C38H44O9/c1-20(2)9-8-14-36(7)15-13-24-29(40)28-30(41)26-17-23-18-27-35(5,6)47-37(33(23)42,16-12-22(19-39)34(43)44)38(26,27)46-32(28)25(31(24)45-36)11-10-21(3)4/h9-10,12-13,15,17,23,27,39-40H,8,11,14,16,18-19H2,1-7H3,(H,43,44)/b22-12-/t23-,27+,36+,37+,38-/m1/s1. The van der Waals surface area contributed by atoms with Crippen molar-refractivity contribution in [2.24, 2.45) is 11.8 Å². The molecule has 1 saturated carbocycles. The van der Waals surface area contributed by atoms with Gasteiger partial charge in [-0.05, 0) is 86.3 Å². The maximum Gasteiger partial charge on any atom is 0.333 e. The lowest BCUT2D eigenvalue weighted by Crippen LogP contribution is -2.72. The van der Waals surface area contributed by atoms with Gasteiger partial charge in [0.15, 0.2) is 22.8 Å². The normalized spacial score (nSPS) is 30.8. The number of phenols is 1. The van der Waals surface area contributed by atoms with Crippen LogP contribution in [0.5, 0.6) is 17.2 Å². The Morgan fingerprint density at radius 3 is 2.36 bits per heavy atom. The van der Waals surface area contributed by atoms with E-state index < -0.39 is 52.6 Å². The molecule has 0 radical (unpaired) electrons. The number of carboxylic acids is 1. The van der Waals surface area contributed by atoms with Gasteiger partial charge in [0.2, 0.25) is 0 Å². The molecule has 47 heavy (non-hydrogen) atoms. The number of aliphatic carboxylic acids is 1. The number of hydrogen-bond acceptors (Lipinski definition) is 8. The van der Waals surface area contributed by atoms with Crippen molar-refractivity contribution in [2.75, 3.05) is 6.61 Å². The Labute approximate surface area is 275 Å². The maximum atomic E-state index is 14.7. The number of rotatable bonds is 9. The second-order valence-electron chi connectivity index (χ2n) is 14.8. The topological polar surface area (TPSA) is 140 Å². The van der Waals surface area contributed by atoms with Crippen LogP contribution in [0.1, 0.15) is 95.6 Å². The molecule has 1 saturated heterocycles. The molecule has 1 aromatic rings. The van der Waals surface area contributed by atoms with Crippen LogP contribution in [0.3, 0.4) is 0 Å². The minimum absolute atomic E-state index is 0.0173. The average Bonchev–Trinajstić information content (AvgIpc) is 3.13. The molecule has 7 rings (SSSR count). The van der Waals surface area contributed by atoms with Crippen molar-refractivity contribution in [2.45, 2.75) is 103 Å². The van der Waals surface area contributed by atoms with E-state index >= 15 is 0 Å². The molecule has 1 aromatic carbocycles. The van der Waals surface area contributed by atoms with E-state index in [1.807, 2.05) is 66.7 Å². The quantitative estimate of drug-likeness (QED) is 0.211. The summed E-state index contributed by atoms with van der Waals surface area (Å²) in [5, 5.41) is 31.2. The number of carbonyl (C=O) groups excluding carboxylic acids is 2. The number of phenolic OH excluding ortho intramolecular Hbond substituents is 1. The van der Waals surface area contributed by atoms with Crippen LogP contribution >= 0.6 is 0 Å². The second-order valence-corrected chi connectivity index (χ2v) is 14.8. The van der Waals surface area contributed by atoms with Gasteiger partial charge in [0, 0.05) is 29.4 Å². The lowest BCUT2D eigenvalue weighted by molar-refractivity contribution is -0.171. The van der Waals surface area contributed by atoms with Crippen LogP contribution in [-0.4, -0.2) is 61.9 Å². The number of Topliss-reactive ketones (excluding diaryl/α,β-unsaturated/α-hetero) is 2. The van der Waals surface area contributed by atoms with Crippen LogP contribution < -0.4 is 9.47 Å². The highest BCUT2D eigenvalue weighted by molar-refractivity contribution is 6.19. The molecule has 1 spiro atoms. The van der Waals surface area contributed by atoms with Crippen molar-refractivity contribution in [3.8, 4) is 17.2 Å². The van der Waals surface area contributed by atoms with Gasteiger partial charge in [-0.2, -0.15) is 0 Å². The molecule has 3 N–H and O–H groups in total. The number of carboxylic acid groups (broad SMARTS) is 1. The number of aliphatic hydroxyl groups is 1. The summed E-state index contributed by atoms with van der Waals surface area (Å²) in [6.07, 6.45) is 12.8. The van der Waals surface area contributed by atoms with Gasteiger partial charge in [-0.15, -0.1) is 0 Å². The predicted octanol–water partition coefficient (Wildman–Crippen LogP) is 6.21. The summed E-state index contributed by atoms with van der Waals surface area (Å²) in [7, 11) is 0. The number of carbonyl (C=O) groups is 3. The number of benzene rings is 1. The summed E-state index contributed by atoms with van der Waals surface area (Å²) < 4.78 is 20.5. The summed E-state index contributed by atoms with van der Waals surface area (Å²) >= 11 is 0. The highest BCUT2D eigenvalue weighted by atomic mass is 16.6. The van der Waals surface area contributed by atoms with Crippen molar-refractivity contribution in [1.29, 1.82) is 0 Å². The molecule has 5 atom stereocenters. The molecule has 0 aromatic heterocycles. The molecule has 250 valence electrons. The zero-order valence-corrected chi connectivity index (χ0v) is 28.2. The van der Waals surface area contributed by atoms with Crippen molar-refractivity contribution in [3.63, 3.8) is 0 Å². The first-order valence-corrected chi connectivity index (χ1v) is 16.3. The number of aliphatic hydroxyl groups excluding tert-OH is 1. The van der Waals surface area contributed by atoms with Crippen LogP contribution in [0.4, 0.5) is 0 Å². The van der Waals surface area contributed by atoms with Gasteiger partial charge in [-0.3, -0.25) is 9.59 Å². The average molecular weight is 645 g/mol. The van der Waals surface area contributed by atoms with Crippen molar-refractivity contribution < 1.29 is 43.9 Å². The molecule has 3 aliphatic heterocycles. The first-order chi connectivity index (χ1) is 22.0. The van der Waals surface area contributed by atoms with Gasteiger partial charge in [-0.25, -0.2) is 4.79 Å². The SMILES string of the molecule is CC(C)=CCC[C@@]1(C)C=Cc2c(O)c3c(c(CC=C(C)C)c2O1)O[C@]12C(=C[C@@H]4C[C@H]1C(C)(C)O[C@@]2(C/C=C(/CO)C(=O)O)C4=O)C3=O. The van der Waals surface area contributed by atoms with Gasteiger partial charge in [0.1, 0.15) is 28.4 Å². The molecular formula is C38H44O9. The number of ether oxygens (including phenoxy) is 3. The van der Waals surface area contributed by atoms with E-state index in [1.165, 1.54) is 11.6 Å². The summed E-state index contributed by atoms with van der Waals surface area (Å²) in [4.78, 5) is 40.9. The molecule has 0 amide bonds. The number of allylic oxidation sites excluding steroid dienone is 5. The lowest BCUT2D eigenvalue weighted by atomic mass is 9.51.